The van der Waals surface area contributed by atoms with E-state index in [-0.39, 0.29) is 41.0 Å². The molecule has 0 aromatic heterocycles. The highest BCUT2D eigenvalue weighted by Crippen LogP contribution is 2.51. The summed E-state index contributed by atoms with van der Waals surface area (Å²) >= 11 is 0. The van der Waals surface area contributed by atoms with E-state index in [0.717, 1.165) is 6.42 Å². The first-order valence-electron chi connectivity index (χ1n) is 13.3. The molecule has 41 heavy (non-hydrogen) atoms. The van der Waals surface area contributed by atoms with E-state index in [1.165, 1.54) is 24.3 Å². The number of hydrogen-bond donors (Lipinski definition) is 8. The van der Waals surface area contributed by atoms with Crippen LogP contribution in [0.2, 0.25) is 0 Å². The third-order valence-corrected chi connectivity index (χ3v) is 6.29. The second-order valence-corrected chi connectivity index (χ2v) is 9.51. The van der Waals surface area contributed by atoms with Gasteiger partial charge in [0, 0.05) is 37.8 Å². The Balaban J connectivity index is 1.72. The maximum atomic E-state index is 13.4. The van der Waals surface area contributed by atoms with E-state index in [1.807, 2.05) is 0 Å². The van der Waals surface area contributed by atoms with Crippen LogP contribution in [0.5, 0.6) is 17.2 Å². The highest BCUT2D eigenvalue weighted by Gasteiger charge is 2.42. The second-order valence-electron chi connectivity index (χ2n) is 9.51. The van der Waals surface area contributed by atoms with Gasteiger partial charge in [-0.1, -0.05) is 12.1 Å². The minimum Gasteiger partial charge on any atom is -0.508 e. The highest BCUT2D eigenvalue weighted by molar-refractivity contribution is 5.92. The number of nitrogens with zero attached hydrogens (tertiary/aromatic N) is 2. The van der Waals surface area contributed by atoms with Crippen molar-refractivity contribution in [2.75, 3.05) is 26.2 Å². The van der Waals surface area contributed by atoms with Gasteiger partial charge in [0.15, 0.2) is 23.4 Å². The summed E-state index contributed by atoms with van der Waals surface area (Å²) in [4.78, 5) is 33.5. The van der Waals surface area contributed by atoms with Gasteiger partial charge in [0.1, 0.15) is 17.8 Å². The summed E-state index contributed by atoms with van der Waals surface area (Å²) in [5, 5.41) is 26.2. The van der Waals surface area contributed by atoms with Crippen LogP contribution in [-0.2, 0) is 9.59 Å². The molecule has 0 fully saturated rings. The van der Waals surface area contributed by atoms with Crippen LogP contribution < -0.4 is 38.3 Å². The smallest absolute Gasteiger partial charge is 0.243 e. The average molecular weight is 567 g/mol. The van der Waals surface area contributed by atoms with Gasteiger partial charge in [-0.3, -0.25) is 19.6 Å². The standard InChI is InChI=1S/C28H38N8O5/c29-27(30)35-13-3-1-11-33-22(39)10-5-17-15-20-23(26(40)34-12-2-4-14-36-28(31)32)24(41-25(20)21(38)16-17)18-6-8-19(37)9-7-18/h5-10,15-16,23-24,37-38H,1-4,11-14H2,(H,33,39)(H,34,40)(H4,29,30,35)(H4,31,32,36). The van der Waals surface area contributed by atoms with Crippen molar-refractivity contribution in [3.63, 3.8) is 0 Å². The Kier molecular flexibility index (Phi) is 11.2. The Morgan fingerprint density at radius 3 is 2.10 bits per heavy atom. The van der Waals surface area contributed by atoms with Crippen LogP contribution in [0.1, 0.15) is 54.4 Å². The highest BCUT2D eigenvalue weighted by atomic mass is 16.5. The maximum absolute atomic E-state index is 13.4. The first-order chi connectivity index (χ1) is 19.7. The number of amides is 2. The monoisotopic (exact) mass is 566 g/mol. The molecule has 13 nitrogen and oxygen atoms in total. The molecule has 1 aliphatic heterocycles. The predicted molar refractivity (Wildman–Crippen MR) is 157 cm³/mol. The topological polar surface area (TPSA) is 237 Å². The number of unbranched alkanes of at least 4 members (excludes halogenated alkanes) is 2. The second kappa shape index (κ2) is 15.0. The number of ether oxygens (including phenoxy) is 1. The lowest BCUT2D eigenvalue weighted by atomic mass is 9.89. The summed E-state index contributed by atoms with van der Waals surface area (Å²) in [7, 11) is 0. The largest absolute Gasteiger partial charge is 0.508 e. The van der Waals surface area contributed by atoms with Gasteiger partial charge in [-0.2, -0.15) is 0 Å². The van der Waals surface area contributed by atoms with Crippen molar-refractivity contribution >= 4 is 29.8 Å². The number of aromatic hydroxyl groups is 2. The number of rotatable bonds is 14. The zero-order chi connectivity index (χ0) is 29.8. The minimum absolute atomic E-state index is 0.0205. The number of phenols is 2. The van der Waals surface area contributed by atoms with E-state index in [4.69, 9.17) is 27.7 Å². The normalized spacial score (nSPS) is 15.5. The Hall–Kier alpha value is -4.94. The SMILES string of the molecule is NC(N)=NCCCCNC(=O)C=Cc1cc(O)c2c(c1)C(C(=O)NCCCCN=C(N)N)C(c1ccc(O)cc1)O2. The molecular formula is C28H38N8O5. The number of guanidine groups is 2. The van der Waals surface area contributed by atoms with Crippen molar-refractivity contribution in [1.82, 2.24) is 10.6 Å². The zero-order valence-corrected chi connectivity index (χ0v) is 22.8. The van der Waals surface area contributed by atoms with Crippen molar-refractivity contribution < 1.29 is 24.5 Å². The average Bonchev–Trinajstić information content (AvgIpc) is 3.31. The number of phenolic OH excluding ortho intramolecular Hbond substituents is 2. The number of aliphatic imine (C=N–C) groups is 2. The predicted octanol–water partition coefficient (Wildman–Crippen LogP) is 0.668. The lowest BCUT2D eigenvalue weighted by Gasteiger charge is -2.19. The Morgan fingerprint density at radius 1 is 0.878 bits per heavy atom. The third kappa shape index (κ3) is 9.34. The summed E-state index contributed by atoms with van der Waals surface area (Å²) in [5.41, 5.74) is 22.9. The number of carbonyl (C=O) groups excluding carboxylic acids is 2. The van der Waals surface area contributed by atoms with Gasteiger partial charge in [0.05, 0.1) is 0 Å². The molecule has 2 aromatic rings. The molecule has 220 valence electrons. The van der Waals surface area contributed by atoms with E-state index in [9.17, 15) is 19.8 Å². The summed E-state index contributed by atoms with van der Waals surface area (Å²) in [6.07, 6.45) is 4.95. The zero-order valence-electron chi connectivity index (χ0n) is 22.8. The molecule has 2 unspecified atom stereocenters. The van der Waals surface area contributed by atoms with Gasteiger partial charge < -0.3 is 48.5 Å². The number of nitrogens with two attached hydrogens (primary N) is 4. The molecule has 0 spiro atoms. The first kappa shape index (κ1) is 30.6. The third-order valence-electron chi connectivity index (χ3n) is 6.29. The molecule has 2 amide bonds. The number of nitrogens with one attached hydrogen (secondary N) is 2. The molecule has 0 saturated heterocycles. The fourth-order valence-corrected chi connectivity index (χ4v) is 4.33. The summed E-state index contributed by atoms with van der Waals surface area (Å²) < 4.78 is 6.08. The molecule has 0 aliphatic carbocycles. The summed E-state index contributed by atoms with van der Waals surface area (Å²) in [6, 6.07) is 9.54. The first-order valence-corrected chi connectivity index (χ1v) is 13.3. The van der Waals surface area contributed by atoms with E-state index in [2.05, 4.69) is 20.6 Å². The molecular weight excluding hydrogens is 528 g/mol. The van der Waals surface area contributed by atoms with Crippen LogP contribution in [0, 0.1) is 0 Å². The molecule has 2 atom stereocenters. The fraction of sp³-hybridized carbons (Fsp3) is 0.357. The summed E-state index contributed by atoms with van der Waals surface area (Å²) in [5.74, 6) is -1.21. The Morgan fingerprint density at radius 2 is 1.49 bits per heavy atom. The van der Waals surface area contributed by atoms with E-state index < -0.39 is 12.0 Å². The fourth-order valence-electron chi connectivity index (χ4n) is 4.33. The molecule has 2 aromatic carbocycles. The molecule has 12 N–H and O–H groups in total. The molecule has 0 radical (unpaired) electrons. The number of fused-ring (bicyclic) bond motifs is 1. The molecule has 13 heteroatoms. The van der Waals surface area contributed by atoms with E-state index in [1.54, 1.807) is 24.3 Å². The van der Waals surface area contributed by atoms with Crippen LogP contribution in [0.3, 0.4) is 0 Å². The van der Waals surface area contributed by atoms with Crippen LogP contribution in [0.25, 0.3) is 6.08 Å². The van der Waals surface area contributed by atoms with Crippen molar-refractivity contribution in [3.8, 4) is 17.2 Å². The van der Waals surface area contributed by atoms with Crippen molar-refractivity contribution in [3.05, 3.63) is 59.2 Å². The van der Waals surface area contributed by atoms with Gasteiger partial charge in [-0.25, -0.2) is 0 Å². The summed E-state index contributed by atoms with van der Waals surface area (Å²) in [6.45, 7) is 1.79. The number of hydrogen-bond acceptors (Lipinski definition) is 7. The molecule has 1 aliphatic rings. The van der Waals surface area contributed by atoms with Gasteiger partial charge >= 0.3 is 0 Å². The van der Waals surface area contributed by atoms with Gasteiger partial charge in [-0.05, 0) is 67.2 Å². The number of carbonyl (C=O) groups is 2. The van der Waals surface area contributed by atoms with E-state index in [0.29, 0.717) is 62.1 Å². The van der Waals surface area contributed by atoms with Gasteiger partial charge in [0.2, 0.25) is 11.8 Å². The van der Waals surface area contributed by atoms with E-state index >= 15 is 0 Å². The van der Waals surface area contributed by atoms with Crippen molar-refractivity contribution in [1.29, 1.82) is 0 Å². The number of benzene rings is 2. The lowest BCUT2D eigenvalue weighted by Crippen LogP contribution is -2.32. The van der Waals surface area contributed by atoms with Crippen molar-refractivity contribution in [2.24, 2.45) is 32.9 Å². The molecule has 0 bridgehead atoms. The maximum Gasteiger partial charge on any atom is 0.243 e. The Bertz CT molecular complexity index is 1290. The van der Waals surface area contributed by atoms with Crippen LogP contribution >= 0.6 is 0 Å². The Labute approximate surface area is 238 Å². The van der Waals surface area contributed by atoms with Crippen LogP contribution in [0.15, 0.2) is 52.5 Å². The lowest BCUT2D eigenvalue weighted by molar-refractivity contribution is -0.124. The van der Waals surface area contributed by atoms with Gasteiger partial charge in [0.25, 0.3) is 0 Å². The molecule has 0 saturated carbocycles. The molecule has 1 heterocycles. The van der Waals surface area contributed by atoms with Gasteiger partial charge in [-0.15, -0.1) is 0 Å². The molecule has 3 rings (SSSR count). The van der Waals surface area contributed by atoms with Crippen LogP contribution in [-0.4, -0.2) is 60.1 Å². The van der Waals surface area contributed by atoms with Crippen LogP contribution in [0.4, 0.5) is 0 Å². The van der Waals surface area contributed by atoms with Crippen molar-refractivity contribution in [2.45, 2.75) is 37.7 Å². The quantitative estimate of drug-likeness (QED) is 0.0693. The minimum atomic E-state index is -0.787.